The molecule has 0 aliphatic carbocycles. The molecule has 0 saturated carbocycles. The van der Waals surface area contributed by atoms with Crippen molar-refractivity contribution in [1.82, 2.24) is 10.2 Å². The zero-order valence-electron chi connectivity index (χ0n) is 6.30. The summed E-state index contributed by atoms with van der Waals surface area (Å²) in [6.07, 6.45) is 4.44. The maximum absolute atomic E-state index is 8.23. The minimum absolute atomic E-state index is 0.583. The van der Waals surface area contributed by atoms with Crippen LogP contribution >= 0.6 is 0 Å². The third-order valence-corrected chi connectivity index (χ3v) is 2.09. The van der Waals surface area contributed by atoms with E-state index in [0.29, 0.717) is 6.04 Å². The largest absolute Gasteiger partial charge is 0.322 e. The number of nitrogens with zero attached hydrogens (tertiary/aromatic N) is 2. The Bertz CT molecular complexity index is 138. The molecule has 3 heteroatoms. The molecule has 1 aliphatic rings. The Morgan fingerprint density at radius 2 is 2.60 bits per heavy atom. The van der Waals surface area contributed by atoms with Gasteiger partial charge in [-0.1, -0.05) is 0 Å². The van der Waals surface area contributed by atoms with Crippen molar-refractivity contribution < 1.29 is 0 Å². The summed E-state index contributed by atoms with van der Waals surface area (Å²) in [7, 11) is 2.11. The van der Waals surface area contributed by atoms with Gasteiger partial charge in [-0.2, -0.15) is 5.26 Å². The van der Waals surface area contributed by atoms with Crippen LogP contribution in [0.4, 0.5) is 0 Å². The first-order valence-electron chi connectivity index (χ1n) is 3.67. The SMILES string of the molecule is CN1CCCC1CNC#N. The standard InChI is InChI=1S/C7H13N3/c1-10-4-2-3-7(10)5-9-6-8/h7,9H,2-5H2,1H3. The summed E-state index contributed by atoms with van der Waals surface area (Å²) in [6, 6.07) is 0.583. The molecule has 1 rings (SSSR count). The first-order valence-corrected chi connectivity index (χ1v) is 3.67. The third kappa shape index (κ3) is 1.61. The van der Waals surface area contributed by atoms with Gasteiger partial charge >= 0.3 is 0 Å². The van der Waals surface area contributed by atoms with Crippen LogP contribution < -0.4 is 5.32 Å². The molecule has 56 valence electrons. The quantitative estimate of drug-likeness (QED) is 0.437. The third-order valence-electron chi connectivity index (χ3n) is 2.09. The summed E-state index contributed by atoms with van der Waals surface area (Å²) in [5, 5.41) is 10.9. The molecule has 0 aromatic rings. The van der Waals surface area contributed by atoms with Crippen molar-refractivity contribution in [2.24, 2.45) is 0 Å². The van der Waals surface area contributed by atoms with Crippen LogP contribution in [0.3, 0.4) is 0 Å². The Hall–Kier alpha value is -0.750. The molecule has 1 unspecified atom stereocenters. The van der Waals surface area contributed by atoms with E-state index in [1.54, 1.807) is 0 Å². The highest BCUT2D eigenvalue weighted by atomic mass is 15.2. The van der Waals surface area contributed by atoms with Crippen molar-refractivity contribution in [3.63, 3.8) is 0 Å². The Morgan fingerprint density at radius 1 is 1.80 bits per heavy atom. The van der Waals surface area contributed by atoms with Crippen molar-refractivity contribution in [2.75, 3.05) is 20.1 Å². The predicted molar refractivity (Wildman–Crippen MR) is 39.3 cm³/mol. The molecule has 0 aromatic heterocycles. The number of hydrogen-bond acceptors (Lipinski definition) is 3. The van der Waals surface area contributed by atoms with Gasteiger partial charge in [0, 0.05) is 12.6 Å². The van der Waals surface area contributed by atoms with E-state index in [-0.39, 0.29) is 0 Å². The smallest absolute Gasteiger partial charge is 0.176 e. The number of likely N-dealkylation sites (tertiary alicyclic amines) is 1. The topological polar surface area (TPSA) is 39.1 Å². The van der Waals surface area contributed by atoms with E-state index < -0.39 is 0 Å². The lowest BCUT2D eigenvalue weighted by atomic mass is 10.2. The van der Waals surface area contributed by atoms with Gasteiger partial charge in [0.25, 0.3) is 0 Å². The van der Waals surface area contributed by atoms with Crippen LogP contribution in [0.2, 0.25) is 0 Å². The molecule has 1 heterocycles. The number of likely N-dealkylation sites (N-methyl/N-ethyl adjacent to an activating group) is 1. The van der Waals surface area contributed by atoms with Crippen LogP contribution in [0.5, 0.6) is 0 Å². The zero-order valence-corrected chi connectivity index (χ0v) is 6.30. The molecule has 1 aliphatic heterocycles. The predicted octanol–water partition coefficient (Wildman–Crippen LogP) is 0.151. The number of hydrogen-bond donors (Lipinski definition) is 1. The fourth-order valence-corrected chi connectivity index (χ4v) is 1.40. The van der Waals surface area contributed by atoms with Crippen molar-refractivity contribution in [3.8, 4) is 6.19 Å². The molecule has 0 bridgehead atoms. The van der Waals surface area contributed by atoms with E-state index >= 15 is 0 Å². The molecule has 0 aromatic carbocycles. The minimum Gasteiger partial charge on any atom is -0.322 e. The molecule has 0 amide bonds. The summed E-state index contributed by atoms with van der Waals surface area (Å²) in [5.41, 5.74) is 0. The lowest BCUT2D eigenvalue weighted by Crippen LogP contribution is -2.33. The Kier molecular flexibility index (Phi) is 2.52. The molecule has 0 spiro atoms. The summed E-state index contributed by atoms with van der Waals surface area (Å²) in [5.74, 6) is 0. The van der Waals surface area contributed by atoms with Crippen LogP contribution in [0.15, 0.2) is 0 Å². The maximum atomic E-state index is 8.23. The van der Waals surface area contributed by atoms with E-state index in [0.717, 1.165) is 6.54 Å². The Morgan fingerprint density at radius 3 is 3.10 bits per heavy atom. The van der Waals surface area contributed by atoms with E-state index in [1.165, 1.54) is 19.4 Å². The van der Waals surface area contributed by atoms with Crippen LogP contribution in [-0.4, -0.2) is 31.1 Å². The van der Waals surface area contributed by atoms with Gasteiger partial charge < -0.3 is 10.2 Å². The van der Waals surface area contributed by atoms with Gasteiger partial charge in [0.05, 0.1) is 0 Å². The van der Waals surface area contributed by atoms with Gasteiger partial charge in [-0.05, 0) is 26.4 Å². The molecular weight excluding hydrogens is 126 g/mol. The second-order valence-electron chi connectivity index (χ2n) is 2.77. The average molecular weight is 139 g/mol. The summed E-state index contributed by atoms with van der Waals surface area (Å²) in [6.45, 7) is 1.99. The first kappa shape index (κ1) is 7.36. The van der Waals surface area contributed by atoms with Crippen molar-refractivity contribution in [3.05, 3.63) is 0 Å². The van der Waals surface area contributed by atoms with Crippen molar-refractivity contribution in [2.45, 2.75) is 18.9 Å². The second kappa shape index (κ2) is 3.43. The number of nitriles is 1. The van der Waals surface area contributed by atoms with Gasteiger partial charge in [0.15, 0.2) is 6.19 Å². The lowest BCUT2D eigenvalue weighted by Gasteiger charge is -2.17. The second-order valence-corrected chi connectivity index (χ2v) is 2.77. The van der Waals surface area contributed by atoms with Gasteiger partial charge in [0.2, 0.25) is 0 Å². The molecule has 3 nitrogen and oxygen atoms in total. The summed E-state index contributed by atoms with van der Waals surface area (Å²) in [4.78, 5) is 2.30. The highest BCUT2D eigenvalue weighted by molar-refractivity contribution is 4.80. The van der Waals surface area contributed by atoms with Gasteiger partial charge in [0.1, 0.15) is 0 Å². The van der Waals surface area contributed by atoms with Gasteiger partial charge in [-0.15, -0.1) is 0 Å². The molecule has 1 saturated heterocycles. The highest BCUT2D eigenvalue weighted by Gasteiger charge is 2.19. The first-order chi connectivity index (χ1) is 4.84. The highest BCUT2D eigenvalue weighted by Crippen LogP contribution is 2.12. The molecule has 0 radical (unpaired) electrons. The normalized spacial score (nSPS) is 26.2. The van der Waals surface area contributed by atoms with Gasteiger partial charge in [-0.25, -0.2) is 0 Å². The van der Waals surface area contributed by atoms with Crippen LogP contribution in [-0.2, 0) is 0 Å². The van der Waals surface area contributed by atoms with Gasteiger partial charge in [-0.3, -0.25) is 0 Å². The number of nitrogens with one attached hydrogen (secondary N) is 1. The average Bonchev–Trinajstić information content (AvgIpc) is 2.31. The molecule has 1 N–H and O–H groups in total. The van der Waals surface area contributed by atoms with Crippen LogP contribution in [0.25, 0.3) is 0 Å². The Labute approximate surface area is 61.6 Å². The minimum atomic E-state index is 0.583. The van der Waals surface area contributed by atoms with Crippen LogP contribution in [0.1, 0.15) is 12.8 Å². The maximum Gasteiger partial charge on any atom is 0.176 e. The zero-order chi connectivity index (χ0) is 7.40. The summed E-state index contributed by atoms with van der Waals surface area (Å²) < 4.78 is 0. The van der Waals surface area contributed by atoms with Crippen molar-refractivity contribution >= 4 is 0 Å². The fraction of sp³-hybridized carbons (Fsp3) is 0.857. The summed E-state index contributed by atoms with van der Waals surface area (Å²) >= 11 is 0. The Balaban J connectivity index is 2.21. The van der Waals surface area contributed by atoms with Crippen LogP contribution in [0, 0.1) is 11.5 Å². The molecular formula is C7H13N3. The van der Waals surface area contributed by atoms with E-state index in [2.05, 4.69) is 17.3 Å². The van der Waals surface area contributed by atoms with E-state index in [9.17, 15) is 0 Å². The lowest BCUT2D eigenvalue weighted by molar-refractivity contribution is 0.309. The fourth-order valence-electron chi connectivity index (χ4n) is 1.40. The monoisotopic (exact) mass is 139 g/mol. The van der Waals surface area contributed by atoms with Crippen molar-refractivity contribution in [1.29, 1.82) is 5.26 Å². The van der Waals surface area contributed by atoms with E-state index in [1.807, 2.05) is 6.19 Å². The molecule has 1 fully saturated rings. The van der Waals surface area contributed by atoms with E-state index in [4.69, 9.17) is 5.26 Å². The number of rotatable bonds is 2. The molecule has 1 atom stereocenters. The molecule has 10 heavy (non-hydrogen) atoms.